The van der Waals surface area contributed by atoms with Crippen LogP contribution in [0.15, 0.2) is 146 Å². The van der Waals surface area contributed by atoms with Gasteiger partial charge in [0, 0.05) is 19.3 Å². The molecule has 0 aliphatic rings. The molecule has 0 amide bonds. The Morgan fingerprint density at radius 2 is 0.470 bits per heavy atom. The van der Waals surface area contributed by atoms with Crippen LogP contribution in [0.4, 0.5) is 0 Å². The van der Waals surface area contributed by atoms with Gasteiger partial charge in [-0.3, -0.25) is 14.4 Å². The van der Waals surface area contributed by atoms with Crippen molar-refractivity contribution in [1.29, 1.82) is 0 Å². The zero-order chi connectivity index (χ0) is 59.9. The lowest BCUT2D eigenvalue weighted by molar-refractivity contribution is -0.167. The Morgan fingerprint density at radius 1 is 0.253 bits per heavy atom. The number of carbonyl (C=O) groups is 3. The van der Waals surface area contributed by atoms with Crippen LogP contribution in [0.1, 0.15) is 303 Å². The molecule has 0 aromatic rings. The maximum absolute atomic E-state index is 13.0. The van der Waals surface area contributed by atoms with Crippen LogP contribution in [0.5, 0.6) is 0 Å². The molecule has 0 aromatic heterocycles. The average Bonchev–Trinajstić information content (AvgIpc) is 3.49. The lowest BCUT2D eigenvalue weighted by Crippen LogP contribution is -2.30. The molecule has 6 heteroatoms. The van der Waals surface area contributed by atoms with Gasteiger partial charge in [0.05, 0.1) is 0 Å². The summed E-state index contributed by atoms with van der Waals surface area (Å²) in [5.41, 5.74) is 0. The molecule has 0 saturated heterocycles. The van der Waals surface area contributed by atoms with E-state index in [2.05, 4.69) is 167 Å². The maximum atomic E-state index is 13.0. The summed E-state index contributed by atoms with van der Waals surface area (Å²) in [5, 5.41) is 0. The minimum absolute atomic E-state index is 0.0928. The van der Waals surface area contributed by atoms with E-state index in [1.165, 1.54) is 109 Å². The third-order valence-corrected chi connectivity index (χ3v) is 14.3. The van der Waals surface area contributed by atoms with Crippen LogP contribution >= 0.6 is 0 Å². The number of allylic oxidation sites excluding steroid dienone is 24. The highest BCUT2D eigenvalue weighted by Gasteiger charge is 2.19. The van der Waals surface area contributed by atoms with Crippen LogP contribution in [0.3, 0.4) is 0 Å². The highest BCUT2D eigenvalue weighted by atomic mass is 16.6. The van der Waals surface area contributed by atoms with Crippen LogP contribution in [0, 0.1) is 0 Å². The quantitative estimate of drug-likeness (QED) is 0.0261. The van der Waals surface area contributed by atoms with Gasteiger partial charge in [0.2, 0.25) is 0 Å². The highest BCUT2D eigenvalue weighted by Crippen LogP contribution is 2.16. The molecule has 0 N–H and O–H groups in total. The van der Waals surface area contributed by atoms with Crippen molar-refractivity contribution in [3.05, 3.63) is 146 Å². The fourth-order valence-electron chi connectivity index (χ4n) is 9.23. The fourth-order valence-corrected chi connectivity index (χ4v) is 9.23. The topological polar surface area (TPSA) is 78.9 Å². The Hall–Kier alpha value is -4.71. The summed E-state index contributed by atoms with van der Waals surface area (Å²) in [6.07, 6.45) is 100. The van der Waals surface area contributed by atoms with Gasteiger partial charge in [-0.15, -0.1) is 0 Å². The van der Waals surface area contributed by atoms with Crippen molar-refractivity contribution in [3.8, 4) is 0 Å². The monoisotopic (exact) mass is 1150 g/mol. The SMILES string of the molecule is CC/C=C\C/C=C\C/C=C\C/C=C\C/C=C\C/C=C\C/C=C\CCCCCCCC(=O)OCC(COC(=O)CCCCCCC/C=C\CCCCCC)OC(=O)CCCCCCCCCCCCCC/C=C\C/C=C\C/C=C\C/C=C\CC. The van der Waals surface area contributed by atoms with Gasteiger partial charge in [-0.25, -0.2) is 0 Å². The van der Waals surface area contributed by atoms with E-state index in [0.29, 0.717) is 19.3 Å². The van der Waals surface area contributed by atoms with Gasteiger partial charge in [0.1, 0.15) is 13.2 Å². The molecule has 83 heavy (non-hydrogen) atoms. The van der Waals surface area contributed by atoms with E-state index in [1.54, 1.807) is 0 Å². The van der Waals surface area contributed by atoms with E-state index in [9.17, 15) is 14.4 Å². The molecule has 0 bridgehead atoms. The summed E-state index contributed by atoms with van der Waals surface area (Å²) in [6.45, 7) is 6.39. The highest BCUT2D eigenvalue weighted by molar-refractivity contribution is 5.71. The first-order valence-electron chi connectivity index (χ1n) is 34.3. The summed E-state index contributed by atoms with van der Waals surface area (Å²) < 4.78 is 16.9. The largest absolute Gasteiger partial charge is 0.462 e. The summed E-state index contributed by atoms with van der Waals surface area (Å²) in [5.74, 6) is -0.918. The first-order valence-corrected chi connectivity index (χ1v) is 34.3. The van der Waals surface area contributed by atoms with Crippen molar-refractivity contribution in [3.63, 3.8) is 0 Å². The molecule has 470 valence electrons. The third kappa shape index (κ3) is 68.0. The van der Waals surface area contributed by atoms with E-state index in [1.807, 2.05) is 0 Å². The van der Waals surface area contributed by atoms with Crippen molar-refractivity contribution in [2.24, 2.45) is 0 Å². The van der Waals surface area contributed by atoms with Crippen molar-refractivity contribution >= 4 is 17.9 Å². The van der Waals surface area contributed by atoms with Gasteiger partial charge in [-0.2, -0.15) is 0 Å². The molecule has 1 atom stereocenters. The molecule has 0 rings (SSSR count). The van der Waals surface area contributed by atoms with Crippen molar-refractivity contribution < 1.29 is 28.6 Å². The first-order chi connectivity index (χ1) is 41.0. The Kier molecular flexibility index (Phi) is 65.8. The number of unbranched alkanes of at least 4 members (excludes halogenated alkanes) is 26. The molecule has 0 aromatic carbocycles. The molecule has 0 saturated carbocycles. The zero-order valence-corrected chi connectivity index (χ0v) is 53.9. The Labute approximate surface area is 512 Å². The molecule has 1 unspecified atom stereocenters. The molecular formula is C77H126O6. The molecule has 0 spiro atoms. The van der Waals surface area contributed by atoms with Crippen LogP contribution in [0.25, 0.3) is 0 Å². The van der Waals surface area contributed by atoms with Gasteiger partial charge < -0.3 is 14.2 Å². The molecule has 0 radical (unpaired) electrons. The second-order valence-corrected chi connectivity index (χ2v) is 22.3. The maximum Gasteiger partial charge on any atom is 0.306 e. The molecule has 0 aliphatic carbocycles. The van der Waals surface area contributed by atoms with Crippen LogP contribution < -0.4 is 0 Å². The van der Waals surface area contributed by atoms with Gasteiger partial charge in [0.15, 0.2) is 6.10 Å². The Bertz CT molecular complexity index is 1800. The summed E-state index contributed by atoms with van der Waals surface area (Å²) >= 11 is 0. The van der Waals surface area contributed by atoms with Gasteiger partial charge in [-0.05, 0) is 141 Å². The number of carbonyl (C=O) groups excluding carboxylic acids is 3. The van der Waals surface area contributed by atoms with Gasteiger partial charge in [-0.1, -0.05) is 289 Å². The number of esters is 3. The van der Waals surface area contributed by atoms with Gasteiger partial charge >= 0.3 is 17.9 Å². The second kappa shape index (κ2) is 69.8. The van der Waals surface area contributed by atoms with Gasteiger partial charge in [0.25, 0.3) is 0 Å². The fraction of sp³-hybridized carbons (Fsp3) is 0.649. The van der Waals surface area contributed by atoms with Crippen LogP contribution in [-0.2, 0) is 28.6 Å². The van der Waals surface area contributed by atoms with E-state index in [0.717, 1.165) is 154 Å². The standard InChI is InChI=1S/C77H126O6/c1-4-7-10-13-16-19-22-25-27-29-31-33-35-37-38-40-41-43-45-47-49-52-55-58-61-64-67-70-76(79)82-73-74(72-81-75(78)69-66-63-60-57-54-51-24-21-18-15-12-9-6-3)83-77(80)71-68-65-62-59-56-53-50-48-46-44-42-39-36-34-32-30-28-26-23-20-17-14-11-8-5-2/h7-8,10-11,16-17,19-21,24-28,31-34,37-38,41,43,47,49,74H,4-6,9,12-15,18,22-23,29-30,35-36,39-40,42,44-46,48,50-73H2,1-3H3/b10-7-,11-8-,19-16-,20-17-,24-21-,27-25-,28-26-,33-31-,34-32-,38-37-,43-41-,49-47-. The summed E-state index contributed by atoms with van der Waals surface area (Å²) in [7, 11) is 0. The minimum Gasteiger partial charge on any atom is -0.462 e. The molecule has 0 aliphatic heterocycles. The predicted octanol–water partition coefficient (Wildman–Crippen LogP) is 23.9. The minimum atomic E-state index is -0.798. The first kappa shape index (κ1) is 78.3. The smallest absolute Gasteiger partial charge is 0.306 e. The van der Waals surface area contributed by atoms with Crippen molar-refractivity contribution in [2.45, 2.75) is 309 Å². The predicted molar refractivity (Wildman–Crippen MR) is 362 cm³/mol. The molecule has 6 nitrogen and oxygen atoms in total. The van der Waals surface area contributed by atoms with E-state index in [4.69, 9.17) is 14.2 Å². The van der Waals surface area contributed by atoms with E-state index < -0.39 is 6.10 Å². The summed E-state index contributed by atoms with van der Waals surface area (Å²) in [4.78, 5) is 38.4. The van der Waals surface area contributed by atoms with Crippen LogP contribution in [-0.4, -0.2) is 37.2 Å². The third-order valence-electron chi connectivity index (χ3n) is 14.3. The van der Waals surface area contributed by atoms with E-state index >= 15 is 0 Å². The lowest BCUT2D eigenvalue weighted by atomic mass is 10.0. The van der Waals surface area contributed by atoms with Crippen LogP contribution in [0.2, 0.25) is 0 Å². The second-order valence-electron chi connectivity index (χ2n) is 22.3. The number of rotatable bonds is 61. The average molecular weight is 1150 g/mol. The lowest BCUT2D eigenvalue weighted by Gasteiger charge is -2.18. The Morgan fingerprint density at radius 3 is 0.747 bits per heavy atom. The number of ether oxygens (including phenoxy) is 3. The molecular weight excluding hydrogens is 1020 g/mol. The summed E-state index contributed by atoms with van der Waals surface area (Å²) in [6, 6.07) is 0. The Balaban J connectivity index is 4.38. The zero-order valence-electron chi connectivity index (χ0n) is 53.9. The number of hydrogen-bond acceptors (Lipinski definition) is 6. The normalized spacial score (nSPS) is 13.0. The number of hydrogen-bond donors (Lipinski definition) is 0. The molecule has 0 heterocycles. The van der Waals surface area contributed by atoms with E-state index in [-0.39, 0.29) is 31.1 Å². The van der Waals surface area contributed by atoms with Crippen molar-refractivity contribution in [2.75, 3.05) is 13.2 Å². The molecule has 0 fully saturated rings. The van der Waals surface area contributed by atoms with Crippen molar-refractivity contribution in [1.82, 2.24) is 0 Å².